The number of cyclic esters (lactones) is 1. The van der Waals surface area contributed by atoms with Crippen LogP contribution in [0.15, 0.2) is 48.5 Å². The lowest BCUT2D eigenvalue weighted by Crippen LogP contribution is -2.18. The predicted octanol–water partition coefficient (Wildman–Crippen LogP) is 3.31. The molecule has 1 heterocycles. The summed E-state index contributed by atoms with van der Waals surface area (Å²) in [4.78, 5) is 22.8. The van der Waals surface area contributed by atoms with Gasteiger partial charge in [-0.1, -0.05) is 18.2 Å². The second-order valence-corrected chi connectivity index (χ2v) is 5.15. The smallest absolute Gasteiger partial charge is 0.311 e. The van der Waals surface area contributed by atoms with Crippen LogP contribution in [0, 0.1) is 11.7 Å². The van der Waals surface area contributed by atoms with Gasteiger partial charge in [-0.3, -0.25) is 9.59 Å². The van der Waals surface area contributed by atoms with Gasteiger partial charge in [-0.2, -0.15) is 0 Å². The molecule has 0 spiro atoms. The summed E-state index contributed by atoms with van der Waals surface area (Å²) in [5, 5.41) is 9.26. The minimum atomic E-state index is -1.10. The number of esters is 1. The maximum Gasteiger partial charge on any atom is 0.311 e. The summed E-state index contributed by atoms with van der Waals surface area (Å²) in [6.07, 6.45) is -1.08. The molecule has 1 saturated heterocycles. The Morgan fingerprint density at radius 2 is 1.87 bits per heavy atom. The number of carbonyl (C=O) groups is 2. The van der Waals surface area contributed by atoms with E-state index in [2.05, 4.69) is 0 Å². The van der Waals surface area contributed by atoms with Crippen molar-refractivity contribution in [1.29, 1.82) is 0 Å². The fraction of sp³-hybridized carbons (Fsp3) is 0.176. The molecule has 5 nitrogen and oxygen atoms in total. The van der Waals surface area contributed by atoms with E-state index in [1.165, 1.54) is 24.3 Å². The average Bonchev–Trinajstić information content (AvgIpc) is 2.92. The number of benzene rings is 2. The lowest BCUT2D eigenvalue weighted by atomic mass is 9.95. The van der Waals surface area contributed by atoms with Gasteiger partial charge >= 0.3 is 11.9 Å². The quantitative estimate of drug-likeness (QED) is 0.876. The maximum atomic E-state index is 13.0. The van der Waals surface area contributed by atoms with Gasteiger partial charge in [0.05, 0.1) is 6.42 Å². The van der Waals surface area contributed by atoms with Gasteiger partial charge < -0.3 is 14.6 Å². The number of carboxylic acids is 1. The van der Waals surface area contributed by atoms with E-state index in [1.54, 1.807) is 24.3 Å². The van der Waals surface area contributed by atoms with E-state index in [0.29, 0.717) is 17.1 Å². The second-order valence-electron chi connectivity index (χ2n) is 5.15. The first-order valence-corrected chi connectivity index (χ1v) is 6.99. The molecular weight excluding hydrogens is 303 g/mol. The molecule has 1 N–H and O–H groups in total. The van der Waals surface area contributed by atoms with Crippen molar-refractivity contribution < 1.29 is 28.6 Å². The molecule has 118 valence electrons. The van der Waals surface area contributed by atoms with E-state index in [4.69, 9.17) is 9.47 Å². The molecule has 2 aromatic carbocycles. The van der Waals surface area contributed by atoms with Gasteiger partial charge in [0.15, 0.2) is 0 Å². The van der Waals surface area contributed by atoms with Gasteiger partial charge in [0, 0.05) is 5.56 Å². The number of carboxylic acid groups (broad SMARTS) is 1. The number of carbonyl (C=O) groups excluding carboxylic acids is 1. The van der Waals surface area contributed by atoms with Crippen molar-refractivity contribution in [2.45, 2.75) is 12.5 Å². The lowest BCUT2D eigenvalue weighted by molar-refractivity contribution is -0.144. The number of rotatable bonds is 4. The molecule has 0 aromatic heterocycles. The average molecular weight is 316 g/mol. The standard InChI is InChI=1S/C17H13FO5/c18-10-5-7-11(8-6-10)22-14-4-2-1-3-12(14)16-13(17(20)21)9-15(19)23-16/h1-8,13,16H,9H2,(H,20,21). The zero-order valence-corrected chi connectivity index (χ0v) is 11.9. The fourth-order valence-electron chi connectivity index (χ4n) is 2.49. The molecule has 2 unspecified atom stereocenters. The van der Waals surface area contributed by atoms with Crippen molar-refractivity contribution in [2.75, 3.05) is 0 Å². The first-order chi connectivity index (χ1) is 11.0. The monoisotopic (exact) mass is 316 g/mol. The van der Waals surface area contributed by atoms with Crippen molar-refractivity contribution in [3.63, 3.8) is 0 Å². The third-order valence-electron chi connectivity index (χ3n) is 3.59. The number of hydrogen-bond donors (Lipinski definition) is 1. The molecule has 0 amide bonds. The summed E-state index contributed by atoms with van der Waals surface area (Å²) in [6.45, 7) is 0. The summed E-state index contributed by atoms with van der Waals surface area (Å²) >= 11 is 0. The first kappa shape index (κ1) is 15.0. The molecule has 1 aliphatic rings. The zero-order valence-electron chi connectivity index (χ0n) is 11.9. The van der Waals surface area contributed by atoms with Crippen LogP contribution in [-0.2, 0) is 14.3 Å². The Balaban J connectivity index is 1.92. The van der Waals surface area contributed by atoms with E-state index in [1.807, 2.05) is 0 Å². The van der Waals surface area contributed by atoms with Crippen LogP contribution in [0.4, 0.5) is 4.39 Å². The number of para-hydroxylation sites is 1. The van der Waals surface area contributed by atoms with Crippen molar-refractivity contribution in [3.05, 3.63) is 59.9 Å². The third-order valence-corrected chi connectivity index (χ3v) is 3.59. The van der Waals surface area contributed by atoms with Crippen LogP contribution >= 0.6 is 0 Å². The molecule has 0 aliphatic carbocycles. The van der Waals surface area contributed by atoms with Crippen LogP contribution in [0.25, 0.3) is 0 Å². The minimum absolute atomic E-state index is 0.176. The highest BCUT2D eigenvalue weighted by atomic mass is 19.1. The summed E-state index contributed by atoms with van der Waals surface area (Å²) in [6, 6.07) is 12.2. The van der Waals surface area contributed by atoms with E-state index < -0.39 is 24.0 Å². The van der Waals surface area contributed by atoms with Crippen LogP contribution < -0.4 is 4.74 Å². The molecule has 0 saturated carbocycles. The lowest BCUT2D eigenvalue weighted by Gasteiger charge is -2.18. The number of ether oxygens (including phenoxy) is 2. The van der Waals surface area contributed by atoms with Gasteiger partial charge in [-0.25, -0.2) is 4.39 Å². The summed E-state index contributed by atoms with van der Waals surface area (Å²) in [7, 11) is 0. The summed E-state index contributed by atoms with van der Waals surface area (Å²) in [5.41, 5.74) is 0.468. The Labute approximate surface area is 131 Å². The highest BCUT2D eigenvalue weighted by Gasteiger charge is 2.42. The highest BCUT2D eigenvalue weighted by Crippen LogP contribution is 2.40. The van der Waals surface area contributed by atoms with Crippen molar-refractivity contribution in [2.24, 2.45) is 5.92 Å². The Morgan fingerprint density at radius 1 is 1.17 bits per heavy atom. The Bertz CT molecular complexity index is 741. The highest BCUT2D eigenvalue weighted by molar-refractivity contribution is 5.83. The molecule has 1 aliphatic heterocycles. The SMILES string of the molecule is O=C1CC(C(=O)O)C(c2ccccc2Oc2ccc(F)cc2)O1. The fourth-order valence-corrected chi connectivity index (χ4v) is 2.49. The van der Waals surface area contributed by atoms with E-state index >= 15 is 0 Å². The normalized spacial score (nSPS) is 20.1. The van der Waals surface area contributed by atoms with Crippen molar-refractivity contribution in [1.82, 2.24) is 0 Å². The van der Waals surface area contributed by atoms with Gasteiger partial charge in [-0.15, -0.1) is 0 Å². The first-order valence-electron chi connectivity index (χ1n) is 6.99. The molecule has 3 rings (SSSR count). The molecular formula is C17H13FO5. The molecule has 23 heavy (non-hydrogen) atoms. The maximum absolute atomic E-state index is 13.0. The Morgan fingerprint density at radius 3 is 2.57 bits per heavy atom. The third kappa shape index (κ3) is 3.15. The number of aliphatic carboxylic acids is 1. The van der Waals surface area contributed by atoms with Crippen LogP contribution in [0.3, 0.4) is 0 Å². The minimum Gasteiger partial charge on any atom is -0.481 e. The van der Waals surface area contributed by atoms with Crippen molar-refractivity contribution >= 4 is 11.9 Å². The molecule has 0 bridgehead atoms. The van der Waals surface area contributed by atoms with Crippen LogP contribution in [0.5, 0.6) is 11.5 Å². The topological polar surface area (TPSA) is 72.8 Å². The van der Waals surface area contributed by atoms with E-state index in [0.717, 1.165) is 0 Å². The molecule has 1 fully saturated rings. The molecule has 0 radical (unpaired) electrons. The van der Waals surface area contributed by atoms with Crippen molar-refractivity contribution in [3.8, 4) is 11.5 Å². The van der Waals surface area contributed by atoms with Gasteiger partial charge in [0.25, 0.3) is 0 Å². The molecule has 2 aromatic rings. The zero-order chi connectivity index (χ0) is 16.4. The van der Waals surface area contributed by atoms with Crippen LogP contribution in [0.2, 0.25) is 0 Å². The molecule has 2 atom stereocenters. The summed E-state index contributed by atoms with van der Waals surface area (Å²) in [5.74, 6) is -2.24. The van der Waals surface area contributed by atoms with Crippen LogP contribution in [-0.4, -0.2) is 17.0 Å². The van der Waals surface area contributed by atoms with Gasteiger partial charge in [-0.05, 0) is 30.3 Å². The van der Waals surface area contributed by atoms with E-state index in [9.17, 15) is 19.1 Å². The number of halogens is 1. The predicted molar refractivity (Wildman–Crippen MR) is 77.5 cm³/mol. The van der Waals surface area contributed by atoms with Crippen LogP contribution in [0.1, 0.15) is 18.1 Å². The van der Waals surface area contributed by atoms with Gasteiger partial charge in [0.1, 0.15) is 29.3 Å². The second kappa shape index (κ2) is 6.08. The van der Waals surface area contributed by atoms with Gasteiger partial charge in [0.2, 0.25) is 0 Å². The Hall–Kier alpha value is -2.89. The van der Waals surface area contributed by atoms with E-state index in [-0.39, 0.29) is 12.2 Å². The largest absolute Gasteiger partial charge is 0.481 e. The Kier molecular flexibility index (Phi) is 3.97. The molecule has 6 heteroatoms. The number of hydrogen-bond acceptors (Lipinski definition) is 4. The summed E-state index contributed by atoms with van der Waals surface area (Å²) < 4.78 is 23.8.